The predicted octanol–water partition coefficient (Wildman–Crippen LogP) is 3.51. The zero-order valence-electron chi connectivity index (χ0n) is 8.50. The molecule has 0 saturated carbocycles. The van der Waals surface area contributed by atoms with Crippen LogP contribution in [0, 0.1) is 0 Å². The second kappa shape index (κ2) is 4.25. The van der Waals surface area contributed by atoms with Gasteiger partial charge in [-0.05, 0) is 23.1 Å². The molecule has 1 rings (SSSR count). The summed E-state index contributed by atoms with van der Waals surface area (Å²) in [4.78, 5) is 0. The van der Waals surface area contributed by atoms with Crippen LogP contribution < -0.4 is 3.53 Å². The SMILES string of the molecule is CC(C)(C)c1ccc(NI(=O)=O)cc1. The van der Waals surface area contributed by atoms with Crippen molar-refractivity contribution in [1.82, 2.24) is 0 Å². The van der Waals surface area contributed by atoms with Crippen molar-refractivity contribution in [2.24, 2.45) is 0 Å². The van der Waals surface area contributed by atoms with Crippen LogP contribution in [0.2, 0.25) is 0 Å². The van der Waals surface area contributed by atoms with Crippen LogP contribution in [0.5, 0.6) is 0 Å². The van der Waals surface area contributed by atoms with Crippen molar-refractivity contribution < 1.29 is 6.14 Å². The van der Waals surface area contributed by atoms with Crippen molar-refractivity contribution in [3.8, 4) is 0 Å². The smallest absolute Gasteiger partial charge is 0.279 e. The number of halogens is 1. The van der Waals surface area contributed by atoms with Crippen molar-refractivity contribution in [2.75, 3.05) is 3.53 Å². The van der Waals surface area contributed by atoms with Gasteiger partial charge in [-0.15, -0.1) is 0 Å². The molecule has 14 heavy (non-hydrogen) atoms. The molecule has 0 atom stereocenters. The van der Waals surface area contributed by atoms with Crippen molar-refractivity contribution in [3.63, 3.8) is 0 Å². The molecule has 0 radical (unpaired) electrons. The van der Waals surface area contributed by atoms with Gasteiger partial charge in [-0.2, -0.15) is 0 Å². The van der Waals surface area contributed by atoms with E-state index in [4.69, 9.17) is 0 Å². The number of hydrogen-bond donors (Lipinski definition) is 1. The van der Waals surface area contributed by atoms with Crippen LogP contribution in [-0.4, -0.2) is 0 Å². The minimum absolute atomic E-state index is 0.103. The Morgan fingerprint density at radius 3 is 1.93 bits per heavy atom. The highest BCUT2D eigenvalue weighted by Gasteiger charge is 2.12. The molecule has 0 saturated heterocycles. The number of hydrogen-bond acceptors (Lipinski definition) is 2. The highest BCUT2D eigenvalue weighted by molar-refractivity contribution is 14.2. The molecule has 0 aromatic heterocycles. The van der Waals surface area contributed by atoms with E-state index in [0.29, 0.717) is 5.69 Å². The lowest BCUT2D eigenvalue weighted by atomic mass is 9.87. The van der Waals surface area contributed by atoms with Crippen LogP contribution in [-0.2, 0) is 11.6 Å². The van der Waals surface area contributed by atoms with Crippen LogP contribution in [0.25, 0.3) is 0 Å². The first kappa shape index (κ1) is 11.4. The molecule has 0 aliphatic heterocycles. The van der Waals surface area contributed by atoms with Crippen LogP contribution in [0.4, 0.5) is 5.69 Å². The van der Waals surface area contributed by atoms with Gasteiger partial charge >= 0.3 is 20.1 Å². The molecule has 1 aromatic rings. The zero-order chi connectivity index (χ0) is 10.8. The van der Waals surface area contributed by atoms with Gasteiger partial charge in [0, 0.05) is 5.69 Å². The Morgan fingerprint density at radius 2 is 1.57 bits per heavy atom. The number of rotatable bonds is 2. The Hall–Kier alpha value is -0.650. The second-order valence-corrected chi connectivity index (χ2v) is 5.92. The van der Waals surface area contributed by atoms with Crippen molar-refractivity contribution in [3.05, 3.63) is 29.8 Å². The van der Waals surface area contributed by atoms with Crippen LogP contribution in [0.1, 0.15) is 26.3 Å². The Morgan fingerprint density at radius 1 is 1.07 bits per heavy atom. The Bertz CT molecular complexity index is 366. The molecular formula is C10H14INO2. The summed E-state index contributed by atoms with van der Waals surface area (Å²) < 4.78 is 23.4. The predicted molar refractivity (Wildman–Crippen MR) is 64.2 cm³/mol. The summed E-state index contributed by atoms with van der Waals surface area (Å²) in [7, 11) is 0. The molecule has 0 unspecified atom stereocenters. The minimum atomic E-state index is -3.36. The lowest BCUT2D eigenvalue weighted by Crippen LogP contribution is -2.10. The van der Waals surface area contributed by atoms with E-state index in [-0.39, 0.29) is 5.41 Å². The van der Waals surface area contributed by atoms with Gasteiger partial charge < -0.3 is 0 Å². The number of benzene rings is 1. The van der Waals surface area contributed by atoms with Gasteiger partial charge in [0.25, 0.3) is 0 Å². The van der Waals surface area contributed by atoms with E-state index in [0.717, 1.165) is 0 Å². The van der Waals surface area contributed by atoms with E-state index in [9.17, 15) is 6.14 Å². The Labute approximate surface area is 91.4 Å². The molecule has 0 amide bonds. The summed E-state index contributed by atoms with van der Waals surface area (Å²) in [6.07, 6.45) is 0. The molecule has 1 aromatic carbocycles. The molecule has 0 aliphatic carbocycles. The molecule has 1 N–H and O–H groups in total. The Balaban J connectivity index is 2.89. The van der Waals surface area contributed by atoms with E-state index in [1.54, 1.807) is 12.1 Å². The molecule has 0 aliphatic rings. The van der Waals surface area contributed by atoms with Crippen LogP contribution in [0.3, 0.4) is 0 Å². The first-order chi connectivity index (χ1) is 6.39. The van der Waals surface area contributed by atoms with Gasteiger partial charge in [0.15, 0.2) is 0 Å². The first-order valence-corrected chi connectivity index (χ1v) is 7.16. The van der Waals surface area contributed by atoms with Gasteiger partial charge in [0.1, 0.15) is 0 Å². The molecule has 0 bridgehead atoms. The van der Waals surface area contributed by atoms with Gasteiger partial charge in [-0.25, -0.2) is 6.14 Å². The Kier molecular flexibility index (Phi) is 3.47. The molecule has 3 nitrogen and oxygen atoms in total. The van der Waals surface area contributed by atoms with E-state index in [1.165, 1.54) is 5.56 Å². The monoisotopic (exact) mass is 307 g/mol. The fourth-order valence-corrected chi connectivity index (χ4v) is 1.99. The van der Waals surface area contributed by atoms with Crippen molar-refractivity contribution in [1.29, 1.82) is 0 Å². The standard InChI is InChI=1S/C10H14INO2/c1-10(2,3)8-4-6-9(7-5-8)12-11(13)14/h4-7H,1-3H3,(H,12,13,14). The first-order valence-electron chi connectivity index (χ1n) is 4.32. The summed E-state index contributed by atoms with van der Waals surface area (Å²) in [6.45, 7) is 6.36. The van der Waals surface area contributed by atoms with Gasteiger partial charge in [-0.1, -0.05) is 32.9 Å². The average Bonchev–Trinajstić information content (AvgIpc) is 2.02. The van der Waals surface area contributed by atoms with E-state index in [1.807, 2.05) is 12.1 Å². The van der Waals surface area contributed by atoms with Gasteiger partial charge in [0.05, 0.1) is 0 Å². The van der Waals surface area contributed by atoms with Crippen LogP contribution >= 0.6 is 20.1 Å². The second-order valence-electron chi connectivity index (χ2n) is 4.14. The fraction of sp³-hybridized carbons (Fsp3) is 0.400. The normalized spacial score (nSPS) is 11.7. The minimum Gasteiger partial charge on any atom is -0.279 e. The topological polar surface area (TPSA) is 46.2 Å². The number of nitrogens with one attached hydrogen (secondary N) is 1. The summed E-state index contributed by atoms with van der Waals surface area (Å²) >= 11 is -3.36. The summed E-state index contributed by atoms with van der Waals surface area (Å²) in [5, 5.41) is 0. The zero-order valence-corrected chi connectivity index (χ0v) is 10.7. The fourth-order valence-electron chi connectivity index (χ4n) is 1.12. The van der Waals surface area contributed by atoms with E-state index < -0.39 is 20.1 Å². The lowest BCUT2D eigenvalue weighted by molar-refractivity contribution is 0.590. The quantitative estimate of drug-likeness (QED) is 0.672. The molecule has 0 heterocycles. The van der Waals surface area contributed by atoms with Crippen LogP contribution in [0.15, 0.2) is 24.3 Å². The molecule has 78 valence electrons. The maximum atomic E-state index is 10.5. The van der Waals surface area contributed by atoms with Crippen molar-refractivity contribution >= 4 is 25.8 Å². The summed E-state index contributed by atoms with van der Waals surface area (Å²) in [6, 6.07) is 7.48. The largest absolute Gasteiger partial charge is 0.417 e. The third-order valence-corrected chi connectivity index (χ3v) is 3.00. The van der Waals surface area contributed by atoms with E-state index >= 15 is 0 Å². The molecule has 0 spiro atoms. The lowest BCUT2D eigenvalue weighted by Gasteiger charge is -2.18. The maximum Gasteiger partial charge on any atom is 0.417 e. The average molecular weight is 307 g/mol. The van der Waals surface area contributed by atoms with E-state index in [2.05, 4.69) is 24.3 Å². The molecule has 0 fully saturated rings. The third kappa shape index (κ3) is 3.25. The third-order valence-electron chi connectivity index (χ3n) is 1.94. The summed E-state index contributed by atoms with van der Waals surface area (Å²) in [5.74, 6) is 0. The van der Waals surface area contributed by atoms with Gasteiger partial charge in [-0.3, -0.25) is 3.53 Å². The highest BCUT2D eigenvalue weighted by atomic mass is 127. The number of anilines is 1. The molecular weight excluding hydrogens is 293 g/mol. The van der Waals surface area contributed by atoms with Gasteiger partial charge in [0.2, 0.25) is 0 Å². The summed E-state index contributed by atoms with van der Waals surface area (Å²) in [5.41, 5.74) is 1.94. The maximum absolute atomic E-state index is 10.5. The molecule has 4 heteroatoms. The highest BCUT2D eigenvalue weighted by Crippen LogP contribution is 2.24. The van der Waals surface area contributed by atoms with Crippen molar-refractivity contribution in [2.45, 2.75) is 26.2 Å².